The predicted molar refractivity (Wildman–Crippen MR) is 73.8 cm³/mol. The summed E-state index contributed by atoms with van der Waals surface area (Å²) in [4.78, 5) is 13.6. The van der Waals surface area contributed by atoms with Crippen molar-refractivity contribution in [3.63, 3.8) is 0 Å². The van der Waals surface area contributed by atoms with E-state index in [9.17, 15) is 9.90 Å². The van der Waals surface area contributed by atoms with Gasteiger partial charge in [0.1, 0.15) is 5.60 Å². The summed E-state index contributed by atoms with van der Waals surface area (Å²) >= 11 is 0. The highest BCUT2D eigenvalue weighted by Gasteiger charge is 2.38. The number of ether oxygens (including phenoxy) is 1. The van der Waals surface area contributed by atoms with Crippen molar-refractivity contribution in [3.8, 4) is 0 Å². The van der Waals surface area contributed by atoms with Gasteiger partial charge in [0.05, 0.1) is 12.6 Å². The third-order valence-electron chi connectivity index (χ3n) is 4.17. The molecule has 0 bridgehead atoms. The summed E-state index contributed by atoms with van der Waals surface area (Å²) in [6.07, 6.45) is 2.91. The zero-order chi connectivity index (χ0) is 14.2. The summed E-state index contributed by atoms with van der Waals surface area (Å²) < 4.78 is 5.36. The third kappa shape index (κ3) is 3.85. The van der Waals surface area contributed by atoms with E-state index in [0.717, 1.165) is 18.3 Å². The van der Waals surface area contributed by atoms with Crippen LogP contribution in [0.15, 0.2) is 0 Å². The molecule has 2 rings (SSSR count). The van der Waals surface area contributed by atoms with E-state index in [1.165, 1.54) is 12.8 Å². The predicted octanol–water partition coefficient (Wildman–Crippen LogP) is 2.65. The molecule has 4 heteroatoms. The number of hydrogen-bond acceptors (Lipinski definition) is 3. The molecule has 4 nitrogen and oxygen atoms in total. The van der Waals surface area contributed by atoms with Gasteiger partial charge < -0.3 is 14.7 Å². The molecule has 1 N–H and O–H groups in total. The molecule has 1 amide bonds. The Hall–Kier alpha value is -0.770. The Labute approximate surface area is 116 Å². The van der Waals surface area contributed by atoms with E-state index in [1.807, 2.05) is 20.8 Å². The summed E-state index contributed by atoms with van der Waals surface area (Å²) in [7, 11) is 0. The lowest BCUT2D eigenvalue weighted by Crippen LogP contribution is -2.36. The molecule has 2 aliphatic rings. The highest BCUT2D eigenvalue weighted by Crippen LogP contribution is 2.39. The summed E-state index contributed by atoms with van der Waals surface area (Å²) in [6.45, 7) is 8.93. The van der Waals surface area contributed by atoms with E-state index in [1.54, 1.807) is 4.90 Å². The van der Waals surface area contributed by atoms with Crippen molar-refractivity contribution < 1.29 is 14.6 Å². The molecule has 1 saturated heterocycles. The standard InChI is InChI=1S/C15H27NO3/c1-10-5-11(6-10)7-12-8-16(9-13(12)17)14(18)19-15(2,3)4/h10-13,17H,5-9H2,1-4H3/t10?,11?,12-,13-/m1/s1. The molecule has 110 valence electrons. The first kappa shape index (κ1) is 14.6. The topological polar surface area (TPSA) is 49.8 Å². The maximum atomic E-state index is 12.0. The van der Waals surface area contributed by atoms with Gasteiger partial charge in [-0.3, -0.25) is 0 Å². The fourth-order valence-electron chi connectivity index (χ4n) is 3.25. The van der Waals surface area contributed by atoms with Crippen LogP contribution in [0.2, 0.25) is 0 Å². The van der Waals surface area contributed by atoms with E-state index in [0.29, 0.717) is 13.1 Å². The molecule has 0 radical (unpaired) electrons. The number of rotatable bonds is 2. The van der Waals surface area contributed by atoms with Crippen LogP contribution < -0.4 is 0 Å². The van der Waals surface area contributed by atoms with Crippen molar-refractivity contribution in [2.75, 3.05) is 13.1 Å². The van der Waals surface area contributed by atoms with Crippen molar-refractivity contribution in [3.05, 3.63) is 0 Å². The number of aliphatic hydroxyl groups is 1. The molecule has 1 heterocycles. The van der Waals surface area contributed by atoms with Crippen molar-refractivity contribution in [2.24, 2.45) is 17.8 Å². The lowest BCUT2D eigenvalue weighted by Gasteiger charge is -2.35. The number of β-amino-alcohol motifs (C(OH)–C–C–N with tert-alkyl or cyclic N) is 1. The Morgan fingerprint density at radius 1 is 1.32 bits per heavy atom. The normalized spacial score (nSPS) is 35.1. The van der Waals surface area contributed by atoms with Gasteiger partial charge in [0.2, 0.25) is 0 Å². The van der Waals surface area contributed by atoms with Gasteiger partial charge in [-0.05, 0) is 51.9 Å². The largest absolute Gasteiger partial charge is 0.444 e. The van der Waals surface area contributed by atoms with Crippen LogP contribution in [-0.4, -0.2) is 40.9 Å². The van der Waals surface area contributed by atoms with Gasteiger partial charge in [0.15, 0.2) is 0 Å². The first-order valence-corrected chi connectivity index (χ1v) is 7.40. The van der Waals surface area contributed by atoms with Gasteiger partial charge in [-0.2, -0.15) is 0 Å². The molecule has 0 aromatic heterocycles. The lowest BCUT2D eigenvalue weighted by atomic mass is 9.71. The van der Waals surface area contributed by atoms with Crippen LogP contribution in [0.25, 0.3) is 0 Å². The van der Waals surface area contributed by atoms with Crippen LogP contribution >= 0.6 is 0 Å². The minimum Gasteiger partial charge on any atom is -0.444 e. The molecular formula is C15H27NO3. The molecule has 2 atom stereocenters. The van der Waals surface area contributed by atoms with Crippen LogP contribution in [0.1, 0.15) is 47.0 Å². The van der Waals surface area contributed by atoms with Crippen LogP contribution in [0, 0.1) is 17.8 Å². The first-order chi connectivity index (χ1) is 8.74. The Morgan fingerprint density at radius 2 is 1.95 bits per heavy atom. The van der Waals surface area contributed by atoms with Gasteiger partial charge in [-0.1, -0.05) is 6.92 Å². The van der Waals surface area contributed by atoms with Crippen LogP contribution in [0.4, 0.5) is 4.79 Å². The minimum absolute atomic E-state index is 0.227. The van der Waals surface area contributed by atoms with E-state index in [-0.39, 0.29) is 18.1 Å². The Balaban J connectivity index is 1.81. The molecule has 1 saturated carbocycles. The number of carbonyl (C=O) groups excluding carboxylic acids is 1. The van der Waals surface area contributed by atoms with Gasteiger partial charge in [-0.25, -0.2) is 4.79 Å². The molecular weight excluding hydrogens is 242 g/mol. The van der Waals surface area contributed by atoms with Crippen molar-refractivity contribution in [1.29, 1.82) is 0 Å². The number of aliphatic hydroxyl groups excluding tert-OH is 1. The fraction of sp³-hybridized carbons (Fsp3) is 0.933. The van der Waals surface area contributed by atoms with Crippen LogP contribution in [-0.2, 0) is 4.74 Å². The SMILES string of the molecule is CC1CC(C[C@@H]2CN(C(=O)OC(C)(C)C)C[C@H]2O)C1. The maximum absolute atomic E-state index is 12.0. The van der Waals surface area contributed by atoms with E-state index < -0.39 is 5.60 Å². The van der Waals surface area contributed by atoms with Crippen molar-refractivity contribution >= 4 is 6.09 Å². The Bertz CT molecular complexity index is 331. The average molecular weight is 269 g/mol. The van der Waals surface area contributed by atoms with Crippen LogP contribution in [0.3, 0.4) is 0 Å². The quantitative estimate of drug-likeness (QED) is 0.838. The lowest BCUT2D eigenvalue weighted by molar-refractivity contribution is 0.0269. The smallest absolute Gasteiger partial charge is 0.410 e. The molecule has 1 aliphatic heterocycles. The maximum Gasteiger partial charge on any atom is 0.410 e. The second-order valence-corrected chi connectivity index (χ2v) is 7.39. The first-order valence-electron chi connectivity index (χ1n) is 7.40. The second kappa shape index (κ2) is 5.31. The summed E-state index contributed by atoms with van der Waals surface area (Å²) in [6, 6.07) is 0. The van der Waals surface area contributed by atoms with Gasteiger partial charge in [0, 0.05) is 12.5 Å². The fourth-order valence-corrected chi connectivity index (χ4v) is 3.25. The monoisotopic (exact) mass is 269 g/mol. The highest BCUT2D eigenvalue weighted by molar-refractivity contribution is 5.68. The number of likely N-dealkylation sites (tertiary alicyclic amines) is 1. The van der Waals surface area contributed by atoms with E-state index >= 15 is 0 Å². The van der Waals surface area contributed by atoms with Crippen LogP contribution in [0.5, 0.6) is 0 Å². The molecule has 2 fully saturated rings. The molecule has 0 aromatic rings. The van der Waals surface area contributed by atoms with Crippen molar-refractivity contribution in [2.45, 2.75) is 58.7 Å². The Kier molecular flexibility index (Phi) is 4.09. The number of nitrogens with zero attached hydrogens (tertiary/aromatic N) is 1. The number of carbonyl (C=O) groups is 1. The molecule has 0 aromatic carbocycles. The van der Waals surface area contributed by atoms with Crippen molar-refractivity contribution in [1.82, 2.24) is 4.90 Å². The third-order valence-corrected chi connectivity index (χ3v) is 4.17. The summed E-state index contributed by atoms with van der Waals surface area (Å²) in [5.41, 5.74) is -0.469. The summed E-state index contributed by atoms with van der Waals surface area (Å²) in [5, 5.41) is 10.1. The summed E-state index contributed by atoms with van der Waals surface area (Å²) in [5.74, 6) is 1.81. The zero-order valence-corrected chi connectivity index (χ0v) is 12.6. The molecule has 1 aliphatic carbocycles. The van der Waals surface area contributed by atoms with Gasteiger partial charge in [0.25, 0.3) is 0 Å². The van der Waals surface area contributed by atoms with E-state index in [2.05, 4.69) is 6.92 Å². The van der Waals surface area contributed by atoms with E-state index in [4.69, 9.17) is 4.74 Å². The molecule has 0 unspecified atom stereocenters. The zero-order valence-electron chi connectivity index (χ0n) is 12.6. The number of amides is 1. The van der Waals surface area contributed by atoms with Gasteiger partial charge in [-0.15, -0.1) is 0 Å². The molecule has 19 heavy (non-hydrogen) atoms. The average Bonchev–Trinajstić information content (AvgIpc) is 2.56. The Morgan fingerprint density at radius 3 is 2.47 bits per heavy atom. The second-order valence-electron chi connectivity index (χ2n) is 7.39. The molecule has 0 spiro atoms. The van der Waals surface area contributed by atoms with Gasteiger partial charge >= 0.3 is 6.09 Å². The number of hydrogen-bond donors (Lipinski definition) is 1. The minimum atomic E-state index is -0.469. The highest BCUT2D eigenvalue weighted by atomic mass is 16.6.